The lowest BCUT2D eigenvalue weighted by Gasteiger charge is -2.19. The van der Waals surface area contributed by atoms with Gasteiger partial charge in [0, 0.05) is 12.2 Å². The Labute approximate surface area is 145 Å². The average Bonchev–Trinajstić information content (AvgIpc) is 2.72. The van der Waals surface area contributed by atoms with Crippen molar-refractivity contribution in [2.24, 2.45) is 0 Å². The van der Waals surface area contributed by atoms with Crippen LogP contribution in [0, 0.1) is 0 Å². The molecule has 6 heteroatoms. The summed E-state index contributed by atoms with van der Waals surface area (Å²) < 4.78 is 0. The SMILES string of the molecule is Cl.Cl.Nc1ccccc1C(=O)NCCCN1CCCCCC1. The number of nitrogens with one attached hydrogen (secondary N) is 1. The largest absolute Gasteiger partial charge is 0.398 e. The minimum atomic E-state index is -0.0704. The van der Waals surface area contributed by atoms with Gasteiger partial charge in [-0.25, -0.2) is 0 Å². The number of rotatable bonds is 5. The molecule has 0 unspecified atom stereocenters. The van der Waals surface area contributed by atoms with Crippen molar-refractivity contribution in [1.29, 1.82) is 0 Å². The van der Waals surface area contributed by atoms with Gasteiger partial charge in [-0.1, -0.05) is 25.0 Å². The second-order valence-corrected chi connectivity index (χ2v) is 5.45. The minimum absolute atomic E-state index is 0. The molecule has 0 radical (unpaired) electrons. The fraction of sp³-hybridized carbons (Fsp3) is 0.562. The van der Waals surface area contributed by atoms with E-state index in [1.807, 2.05) is 12.1 Å². The Kier molecular flexibility index (Phi) is 11.1. The highest BCUT2D eigenvalue weighted by atomic mass is 35.5. The van der Waals surface area contributed by atoms with Crippen molar-refractivity contribution in [1.82, 2.24) is 10.2 Å². The van der Waals surface area contributed by atoms with Crippen molar-refractivity contribution >= 4 is 36.4 Å². The molecular weight excluding hydrogens is 321 g/mol. The third kappa shape index (κ3) is 6.86. The molecule has 0 bridgehead atoms. The number of anilines is 1. The van der Waals surface area contributed by atoms with Gasteiger partial charge in [-0.15, -0.1) is 24.8 Å². The molecule has 1 aromatic rings. The van der Waals surface area contributed by atoms with Gasteiger partial charge in [-0.3, -0.25) is 4.79 Å². The molecule has 1 amide bonds. The average molecular weight is 348 g/mol. The summed E-state index contributed by atoms with van der Waals surface area (Å²) in [6.07, 6.45) is 6.35. The first-order chi connectivity index (χ1) is 9.77. The standard InChI is InChI=1S/C16H25N3O.2ClH/c17-15-9-4-3-8-14(15)16(20)18-10-7-13-19-11-5-1-2-6-12-19;;/h3-4,8-9H,1-2,5-7,10-13,17H2,(H,18,20);2*1H. The number of hydrogen-bond acceptors (Lipinski definition) is 3. The van der Waals surface area contributed by atoms with Gasteiger partial charge in [0.25, 0.3) is 5.91 Å². The van der Waals surface area contributed by atoms with Crippen molar-refractivity contribution in [3.63, 3.8) is 0 Å². The van der Waals surface area contributed by atoms with Gasteiger partial charge in [0.2, 0.25) is 0 Å². The molecule has 0 aromatic heterocycles. The summed E-state index contributed by atoms with van der Waals surface area (Å²) in [6.45, 7) is 4.20. The number of amides is 1. The van der Waals surface area contributed by atoms with E-state index in [4.69, 9.17) is 5.73 Å². The van der Waals surface area contributed by atoms with Crippen LogP contribution in [0.1, 0.15) is 42.5 Å². The maximum Gasteiger partial charge on any atom is 0.253 e. The van der Waals surface area contributed by atoms with Crippen molar-refractivity contribution in [2.75, 3.05) is 31.9 Å². The second-order valence-electron chi connectivity index (χ2n) is 5.45. The molecule has 4 nitrogen and oxygen atoms in total. The molecule has 0 aliphatic carbocycles. The molecule has 1 aliphatic heterocycles. The van der Waals surface area contributed by atoms with Crippen LogP contribution in [0.15, 0.2) is 24.3 Å². The number of nitrogen functional groups attached to an aromatic ring is 1. The van der Waals surface area contributed by atoms with Crippen LogP contribution in [-0.4, -0.2) is 37.0 Å². The van der Waals surface area contributed by atoms with Gasteiger partial charge >= 0.3 is 0 Å². The van der Waals surface area contributed by atoms with Crippen molar-refractivity contribution in [3.8, 4) is 0 Å². The molecule has 1 aliphatic rings. The first kappa shape index (κ1) is 21.0. The first-order valence-corrected chi connectivity index (χ1v) is 7.62. The number of nitrogens with zero attached hydrogens (tertiary/aromatic N) is 1. The number of benzene rings is 1. The number of para-hydroxylation sites is 1. The lowest BCUT2D eigenvalue weighted by Crippen LogP contribution is -2.30. The maximum absolute atomic E-state index is 12.0. The molecule has 0 spiro atoms. The number of carbonyl (C=O) groups excluding carboxylic acids is 1. The molecular formula is C16H27Cl2N3O. The molecule has 1 aromatic carbocycles. The Balaban J connectivity index is 0.00000220. The van der Waals surface area contributed by atoms with Crippen LogP contribution in [0.25, 0.3) is 0 Å². The normalized spacial score (nSPS) is 15.1. The summed E-state index contributed by atoms with van der Waals surface area (Å²) in [5.74, 6) is -0.0704. The zero-order chi connectivity index (χ0) is 14.2. The predicted molar refractivity (Wildman–Crippen MR) is 97.2 cm³/mol. The molecule has 1 fully saturated rings. The van der Waals surface area contributed by atoms with E-state index in [0.29, 0.717) is 17.8 Å². The van der Waals surface area contributed by atoms with E-state index in [1.54, 1.807) is 12.1 Å². The smallest absolute Gasteiger partial charge is 0.253 e. The van der Waals surface area contributed by atoms with Crippen molar-refractivity contribution in [2.45, 2.75) is 32.1 Å². The topological polar surface area (TPSA) is 58.4 Å². The second kappa shape index (κ2) is 11.6. The Hall–Kier alpha value is -0.970. The van der Waals surface area contributed by atoms with E-state index in [9.17, 15) is 4.79 Å². The predicted octanol–water partition coefficient (Wildman–Crippen LogP) is 3.11. The zero-order valence-corrected chi connectivity index (χ0v) is 14.6. The van der Waals surface area contributed by atoms with Crippen LogP contribution >= 0.6 is 24.8 Å². The molecule has 1 saturated heterocycles. The number of likely N-dealkylation sites (tertiary alicyclic amines) is 1. The summed E-state index contributed by atoms with van der Waals surface area (Å²) in [7, 11) is 0. The quantitative estimate of drug-likeness (QED) is 0.635. The van der Waals surface area contributed by atoms with Gasteiger partial charge in [0.1, 0.15) is 0 Å². The third-order valence-electron chi connectivity index (χ3n) is 3.84. The van der Waals surface area contributed by atoms with E-state index < -0.39 is 0 Å². The molecule has 0 atom stereocenters. The van der Waals surface area contributed by atoms with Crippen LogP contribution in [0.2, 0.25) is 0 Å². The number of carbonyl (C=O) groups is 1. The minimum Gasteiger partial charge on any atom is -0.398 e. The zero-order valence-electron chi connectivity index (χ0n) is 12.9. The van der Waals surface area contributed by atoms with Gasteiger partial charge in [0.05, 0.1) is 5.56 Å². The van der Waals surface area contributed by atoms with E-state index in [2.05, 4.69) is 10.2 Å². The number of hydrogen-bond donors (Lipinski definition) is 2. The lowest BCUT2D eigenvalue weighted by atomic mass is 10.1. The van der Waals surface area contributed by atoms with E-state index in [-0.39, 0.29) is 30.7 Å². The van der Waals surface area contributed by atoms with Crippen LogP contribution in [-0.2, 0) is 0 Å². The Morgan fingerprint density at radius 2 is 1.73 bits per heavy atom. The summed E-state index contributed by atoms with van der Waals surface area (Å²) >= 11 is 0. The van der Waals surface area contributed by atoms with Crippen LogP contribution in [0.3, 0.4) is 0 Å². The Morgan fingerprint density at radius 1 is 1.09 bits per heavy atom. The fourth-order valence-electron chi connectivity index (χ4n) is 2.66. The summed E-state index contributed by atoms with van der Waals surface area (Å²) in [6, 6.07) is 7.19. The molecule has 22 heavy (non-hydrogen) atoms. The number of nitrogens with two attached hydrogens (primary N) is 1. The molecule has 1 heterocycles. The Morgan fingerprint density at radius 3 is 2.36 bits per heavy atom. The van der Waals surface area contributed by atoms with Crippen LogP contribution < -0.4 is 11.1 Å². The Bertz CT molecular complexity index is 435. The maximum atomic E-state index is 12.0. The molecule has 3 N–H and O–H groups in total. The fourth-order valence-corrected chi connectivity index (χ4v) is 2.66. The molecule has 0 saturated carbocycles. The number of halogens is 2. The summed E-state index contributed by atoms with van der Waals surface area (Å²) in [5, 5.41) is 2.95. The van der Waals surface area contributed by atoms with Crippen molar-refractivity contribution < 1.29 is 4.79 Å². The van der Waals surface area contributed by atoms with E-state index in [1.165, 1.54) is 38.8 Å². The highest BCUT2D eigenvalue weighted by Crippen LogP contribution is 2.11. The van der Waals surface area contributed by atoms with Crippen molar-refractivity contribution in [3.05, 3.63) is 29.8 Å². The van der Waals surface area contributed by atoms with Gasteiger partial charge < -0.3 is 16.0 Å². The summed E-state index contributed by atoms with van der Waals surface area (Å²) in [5.41, 5.74) is 6.90. The molecule has 2 rings (SSSR count). The summed E-state index contributed by atoms with van der Waals surface area (Å²) in [4.78, 5) is 14.5. The van der Waals surface area contributed by atoms with Gasteiger partial charge in [0.15, 0.2) is 0 Å². The van der Waals surface area contributed by atoms with E-state index >= 15 is 0 Å². The van der Waals surface area contributed by atoms with Crippen LogP contribution in [0.5, 0.6) is 0 Å². The molecule has 126 valence electrons. The monoisotopic (exact) mass is 347 g/mol. The third-order valence-corrected chi connectivity index (χ3v) is 3.84. The first-order valence-electron chi connectivity index (χ1n) is 7.62. The highest BCUT2D eigenvalue weighted by molar-refractivity contribution is 5.99. The van der Waals surface area contributed by atoms with Gasteiger partial charge in [-0.2, -0.15) is 0 Å². The van der Waals surface area contributed by atoms with Crippen LogP contribution in [0.4, 0.5) is 5.69 Å². The van der Waals surface area contributed by atoms with E-state index in [0.717, 1.165) is 13.0 Å². The lowest BCUT2D eigenvalue weighted by molar-refractivity contribution is 0.0952. The van der Waals surface area contributed by atoms with Gasteiger partial charge in [-0.05, 0) is 51.0 Å². The highest BCUT2D eigenvalue weighted by Gasteiger charge is 2.10.